The van der Waals surface area contributed by atoms with Gasteiger partial charge in [0.05, 0.1) is 11.8 Å². The van der Waals surface area contributed by atoms with Gasteiger partial charge in [-0.25, -0.2) is 0 Å². The summed E-state index contributed by atoms with van der Waals surface area (Å²) in [4.78, 5) is 39.8. The molecule has 65 heavy (non-hydrogen) atoms. The maximum Gasteiger partial charge on any atom is 0.306 e. The van der Waals surface area contributed by atoms with Crippen molar-refractivity contribution in [1.82, 2.24) is 4.90 Å². The molecule has 1 aromatic carbocycles. The molecule has 382 valence electrons. The second-order valence-corrected chi connectivity index (χ2v) is 19.9. The number of aliphatic hydroxyl groups is 1. The highest BCUT2D eigenvalue weighted by atomic mass is 16.6. The Kier molecular flexibility index (Phi) is 42.1. The third kappa shape index (κ3) is 34.2. The van der Waals surface area contributed by atoms with E-state index in [1.54, 1.807) is 0 Å². The van der Waals surface area contributed by atoms with Crippen molar-refractivity contribution in [3.05, 3.63) is 26.0 Å². The van der Waals surface area contributed by atoms with E-state index in [9.17, 15) is 19.5 Å². The number of carbonyl (C=O) groups excluding carboxylic acids is 1. The predicted octanol–water partition coefficient (Wildman–Crippen LogP) is 15.5. The molecule has 8 heteroatoms. The summed E-state index contributed by atoms with van der Waals surface area (Å²) in [6.07, 6.45) is 45.0. The minimum Gasteiger partial charge on any atom is -0.462 e. The van der Waals surface area contributed by atoms with Crippen molar-refractivity contribution in [3.8, 4) is 0 Å². The van der Waals surface area contributed by atoms with Crippen molar-refractivity contribution in [2.45, 2.75) is 310 Å². The molecule has 0 saturated carbocycles. The van der Waals surface area contributed by atoms with Crippen LogP contribution < -0.4 is 16.2 Å². The number of hydrogen-bond donors (Lipinski definition) is 2. The lowest BCUT2D eigenvalue weighted by Gasteiger charge is -2.23. The van der Waals surface area contributed by atoms with Crippen LogP contribution in [-0.2, 0) is 20.7 Å². The third-order valence-electron chi connectivity index (χ3n) is 13.7. The lowest BCUT2D eigenvalue weighted by Crippen LogP contribution is -2.39. The second-order valence-electron chi connectivity index (χ2n) is 19.9. The quantitative estimate of drug-likeness (QED) is 0.0288. The molecule has 0 aliphatic carbocycles. The number of nitrogens with one attached hydrogen (secondary N) is 1. The summed E-state index contributed by atoms with van der Waals surface area (Å²) in [6.45, 7) is 14.9. The Morgan fingerprint density at radius 1 is 0.477 bits per heavy atom. The molecule has 0 heterocycles. The monoisotopic (exact) mass is 917 g/mol. The number of anilines is 1. The van der Waals surface area contributed by atoms with Crippen molar-refractivity contribution >= 4 is 11.7 Å². The lowest BCUT2D eigenvalue weighted by molar-refractivity contribution is -0.150. The Labute approximate surface area is 402 Å². The van der Waals surface area contributed by atoms with Crippen LogP contribution in [0.2, 0.25) is 0 Å². The SMILES string of the molecule is CCCCCCCCC(CCC)OC(=O)CCCCCCCN(CCCCCCCC(O)OC(CCCCCCCC)CCCCCCCC)CCCNc1c(CCCCC)c(=O)c1=O. The van der Waals surface area contributed by atoms with E-state index in [0.717, 1.165) is 142 Å². The van der Waals surface area contributed by atoms with Gasteiger partial charge in [0.2, 0.25) is 10.9 Å². The number of rotatable bonds is 51. The molecular formula is C57H108N2O6. The van der Waals surface area contributed by atoms with Crippen LogP contribution in [0.4, 0.5) is 5.69 Å². The van der Waals surface area contributed by atoms with Crippen molar-refractivity contribution in [1.29, 1.82) is 0 Å². The molecule has 0 amide bonds. The van der Waals surface area contributed by atoms with E-state index in [-0.39, 0.29) is 29.0 Å². The summed E-state index contributed by atoms with van der Waals surface area (Å²) in [7, 11) is 0. The molecule has 2 unspecified atom stereocenters. The molecule has 0 bridgehead atoms. The molecule has 0 aliphatic rings. The van der Waals surface area contributed by atoms with Gasteiger partial charge in [-0.1, -0.05) is 202 Å². The lowest BCUT2D eigenvalue weighted by atomic mass is 10.0. The first kappa shape index (κ1) is 61.2. The Hall–Kier alpha value is -1.77. The second kappa shape index (κ2) is 44.7. The minimum absolute atomic E-state index is 0.0122. The first-order valence-electron chi connectivity index (χ1n) is 28.6. The number of ether oxygens (including phenoxy) is 2. The highest BCUT2D eigenvalue weighted by Gasteiger charge is 2.20. The third-order valence-corrected chi connectivity index (χ3v) is 13.7. The fraction of sp³-hybridized carbons (Fsp3) is 0.912. The standard InChI is InChI=1S/C57H108N2O6/c1-6-11-15-18-23-31-40-50(39-10-5)64-53(60)44-34-26-21-28-36-47-59(49-38-46-58-55-52(43-30-14-9-4)56(62)57(55)63)48-37-29-22-27-35-45-54(61)65-51(41-32-24-19-16-12-7-2)42-33-25-20-17-13-8-3/h50-51,54,58,61H,6-49H2,1-5H3. The van der Waals surface area contributed by atoms with Crippen LogP contribution in [0.15, 0.2) is 9.59 Å². The van der Waals surface area contributed by atoms with E-state index in [4.69, 9.17) is 9.47 Å². The summed E-state index contributed by atoms with van der Waals surface area (Å²) in [5, 5.41) is 14.2. The molecule has 0 aromatic heterocycles. The number of carbonyl (C=O) groups is 1. The van der Waals surface area contributed by atoms with E-state index in [1.165, 1.54) is 122 Å². The Bertz CT molecular complexity index is 1250. The van der Waals surface area contributed by atoms with E-state index in [2.05, 4.69) is 44.8 Å². The maximum atomic E-state index is 12.7. The molecule has 0 fully saturated rings. The Morgan fingerprint density at radius 2 is 0.908 bits per heavy atom. The normalized spacial score (nSPS) is 12.8. The van der Waals surface area contributed by atoms with Crippen LogP contribution in [0, 0.1) is 0 Å². The van der Waals surface area contributed by atoms with E-state index < -0.39 is 6.29 Å². The number of esters is 1. The summed E-state index contributed by atoms with van der Waals surface area (Å²) in [5.74, 6) is -0.0122. The number of hydrogen-bond acceptors (Lipinski definition) is 8. The van der Waals surface area contributed by atoms with Gasteiger partial charge in [0.15, 0.2) is 6.29 Å². The average Bonchev–Trinajstić information content (AvgIpc) is 3.30. The molecule has 1 rings (SSSR count). The summed E-state index contributed by atoms with van der Waals surface area (Å²) in [6, 6.07) is 0. The fourth-order valence-corrected chi connectivity index (χ4v) is 9.44. The first-order valence-corrected chi connectivity index (χ1v) is 28.6. The molecule has 2 atom stereocenters. The van der Waals surface area contributed by atoms with Gasteiger partial charge in [0.1, 0.15) is 6.10 Å². The number of aliphatic hydroxyl groups excluding tert-OH is 1. The molecule has 0 spiro atoms. The van der Waals surface area contributed by atoms with E-state index in [0.29, 0.717) is 30.6 Å². The van der Waals surface area contributed by atoms with Crippen LogP contribution >= 0.6 is 0 Å². The minimum atomic E-state index is -0.646. The molecule has 1 aromatic rings. The van der Waals surface area contributed by atoms with Gasteiger partial charge in [0, 0.05) is 18.5 Å². The van der Waals surface area contributed by atoms with Crippen molar-refractivity contribution in [2.24, 2.45) is 0 Å². The molecule has 0 saturated heterocycles. The Morgan fingerprint density at radius 3 is 1.43 bits per heavy atom. The van der Waals surface area contributed by atoms with E-state index >= 15 is 0 Å². The highest BCUT2D eigenvalue weighted by molar-refractivity contribution is 5.69. The van der Waals surface area contributed by atoms with Gasteiger partial charge in [0.25, 0.3) is 0 Å². The van der Waals surface area contributed by atoms with Crippen LogP contribution in [0.5, 0.6) is 0 Å². The van der Waals surface area contributed by atoms with Crippen LogP contribution in [0.25, 0.3) is 0 Å². The van der Waals surface area contributed by atoms with Crippen molar-refractivity contribution in [3.63, 3.8) is 0 Å². The molecular weight excluding hydrogens is 809 g/mol. The van der Waals surface area contributed by atoms with Crippen LogP contribution in [-0.4, -0.2) is 60.7 Å². The molecule has 8 nitrogen and oxygen atoms in total. The van der Waals surface area contributed by atoms with Gasteiger partial charge in [-0.05, 0) is 103 Å². The zero-order valence-electron chi connectivity index (χ0n) is 43.8. The fourth-order valence-electron chi connectivity index (χ4n) is 9.44. The largest absolute Gasteiger partial charge is 0.462 e. The summed E-state index contributed by atoms with van der Waals surface area (Å²) in [5.41, 5.74) is 0.657. The zero-order chi connectivity index (χ0) is 47.4. The van der Waals surface area contributed by atoms with Gasteiger partial charge in [-0.15, -0.1) is 0 Å². The van der Waals surface area contributed by atoms with E-state index in [1.807, 2.05) is 0 Å². The van der Waals surface area contributed by atoms with Crippen molar-refractivity contribution < 1.29 is 19.4 Å². The van der Waals surface area contributed by atoms with Gasteiger partial charge in [-0.2, -0.15) is 0 Å². The molecule has 0 aliphatic heterocycles. The van der Waals surface area contributed by atoms with Crippen LogP contribution in [0.1, 0.15) is 291 Å². The summed E-state index contributed by atoms with van der Waals surface area (Å²) >= 11 is 0. The first-order chi connectivity index (χ1) is 31.8. The highest BCUT2D eigenvalue weighted by Crippen LogP contribution is 2.21. The molecule has 0 radical (unpaired) electrons. The maximum absolute atomic E-state index is 12.7. The predicted molar refractivity (Wildman–Crippen MR) is 279 cm³/mol. The van der Waals surface area contributed by atoms with Gasteiger partial charge in [-0.3, -0.25) is 14.4 Å². The topological polar surface area (TPSA) is 105 Å². The van der Waals surface area contributed by atoms with Gasteiger partial charge < -0.3 is 24.8 Å². The summed E-state index contributed by atoms with van der Waals surface area (Å²) < 4.78 is 12.2. The number of nitrogens with zero attached hydrogens (tertiary/aromatic N) is 1. The Balaban J connectivity index is 2.50. The average molecular weight is 917 g/mol. The molecule has 2 N–H and O–H groups in total. The smallest absolute Gasteiger partial charge is 0.306 e. The zero-order valence-corrected chi connectivity index (χ0v) is 43.8. The van der Waals surface area contributed by atoms with Gasteiger partial charge >= 0.3 is 5.97 Å². The van der Waals surface area contributed by atoms with Crippen LogP contribution in [0.3, 0.4) is 0 Å². The number of unbranched alkanes of at least 4 members (excludes halogenated alkanes) is 25. The van der Waals surface area contributed by atoms with Crippen molar-refractivity contribution in [2.75, 3.05) is 31.5 Å².